The Bertz CT molecular complexity index is 2290. The Morgan fingerprint density at radius 3 is 0.464 bits per heavy atom. The third kappa shape index (κ3) is 11.1. The number of alkyl halides is 45. The maximum atomic E-state index is 14.4. The highest BCUT2D eigenvalue weighted by molar-refractivity contribution is 6.00. The van der Waals surface area contributed by atoms with E-state index in [1.807, 2.05) is 0 Å². The highest BCUT2D eigenvalue weighted by Crippen LogP contribution is 2.66. The Morgan fingerprint density at radius 2 is 0.333 bits per heavy atom. The molecule has 1 rings (SSSR count). The summed E-state index contributed by atoms with van der Waals surface area (Å²) in [7, 11) is 0. The number of hydrogen-bond donors (Lipinski definition) is 0. The summed E-state index contributed by atoms with van der Waals surface area (Å²) in [5.74, 6) is -168. The molecule has 0 heterocycles. The molecular formula is C33H9F45O6. The van der Waals surface area contributed by atoms with Gasteiger partial charge in [-0.25, -0.2) is 14.4 Å². The van der Waals surface area contributed by atoms with E-state index >= 15 is 0 Å². The Labute approximate surface area is 425 Å². The summed E-state index contributed by atoms with van der Waals surface area (Å²) in [6.07, 6.45) is -24.6. The predicted octanol–water partition coefficient (Wildman–Crippen LogP) is 15.3. The molecule has 1 aromatic carbocycles. The van der Waals surface area contributed by atoms with Crippen LogP contribution in [-0.4, -0.2) is 163 Å². The molecule has 0 atom stereocenters. The third-order valence-electron chi connectivity index (χ3n) is 9.97. The van der Waals surface area contributed by atoms with Crippen LogP contribution in [0, 0.1) is 0 Å². The lowest BCUT2D eigenvalue weighted by Gasteiger charge is -2.41. The van der Waals surface area contributed by atoms with Crippen molar-refractivity contribution in [1.82, 2.24) is 0 Å². The Balaban J connectivity index is 4.12. The molecule has 0 aliphatic carbocycles. The highest BCUT2D eigenvalue weighted by atomic mass is 19.5. The van der Waals surface area contributed by atoms with Gasteiger partial charge in [-0.3, -0.25) is 0 Å². The number of hydrogen-bond acceptors (Lipinski definition) is 6. The van der Waals surface area contributed by atoms with E-state index < -0.39 is 198 Å². The zero-order valence-electron chi connectivity index (χ0n) is 36.8. The van der Waals surface area contributed by atoms with Crippen molar-refractivity contribution in [2.75, 3.05) is 19.8 Å². The first-order valence-corrected chi connectivity index (χ1v) is 18.6. The average molecular weight is 1360 g/mol. The molecule has 0 bridgehead atoms. The summed E-state index contributed by atoms with van der Waals surface area (Å²) in [4.78, 5) is 37.3. The van der Waals surface area contributed by atoms with E-state index in [2.05, 4.69) is 14.2 Å². The van der Waals surface area contributed by atoms with E-state index in [0.717, 1.165) is 0 Å². The van der Waals surface area contributed by atoms with E-state index in [0.29, 0.717) is 0 Å². The molecular weight excluding hydrogens is 1350 g/mol. The summed E-state index contributed by atoms with van der Waals surface area (Å²) in [6, 6.07) is -3.33. The van der Waals surface area contributed by atoms with Gasteiger partial charge in [0, 0.05) is 0 Å². The number of ether oxygens (including phenoxy) is 3. The fourth-order valence-corrected chi connectivity index (χ4v) is 4.97. The van der Waals surface area contributed by atoms with Gasteiger partial charge in [-0.1, -0.05) is 0 Å². The number of carbonyl (C=O) groups excluding carboxylic acids is 3. The van der Waals surface area contributed by atoms with Gasteiger partial charge < -0.3 is 14.2 Å². The monoisotopic (exact) mass is 1360 g/mol. The van der Waals surface area contributed by atoms with Gasteiger partial charge in [0.05, 0.1) is 16.7 Å². The highest BCUT2D eigenvalue weighted by Gasteiger charge is 2.96. The largest absolute Gasteiger partial charge is 0.460 e. The maximum absolute atomic E-state index is 14.4. The second kappa shape index (κ2) is 20.8. The lowest BCUT2D eigenvalue weighted by atomic mass is 9.91. The summed E-state index contributed by atoms with van der Waals surface area (Å²) < 4.78 is 618. The first-order valence-electron chi connectivity index (χ1n) is 18.6. The smallest absolute Gasteiger partial charge is 0.455 e. The lowest BCUT2D eigenvalue weighted by Crippen LogP contribution is -2.73. The van der Waals surface area contributed by atoms with Crippen molar-refractivity contribution in [2.24, 2.45) is 0 Å². The SMILES string of the molecule is O=C(OCC(F)(F)C(F)(F)C(F)(F)C(F)(F)C(F)(F)C(F)(F)C(F)(F)F)c1cc(C(=O)OCC(F)(F)C(F)(F)C(F)(F)C(F)(F)C(F)(F)C(F)(F)C(F)(F)F)cc(C(=O)OCC(F)(F)C(F)(F)C(F)(F)C(F)(F)C(F)(F)C(F)(F)C(F)(F)F)c1. The average Bonchev–Trinajstić information content (AvgIpc) is 3.29. The topological polar surface area (TPSA) is 78.9 Å². The molecule has 0 aromatic heterocycles. The van der Waals surface area contributed by atoms with Crippen LogP contribution in [0.1, 0.15) is 31.1 Å². The molecule has 84 heavy (non-hydrogen) atoms. The summed E-state index contributed by atoms with van der Waals surface area (Å²) in [5, 5.41) is 0. The van der Waals surface area contributed by atoms with E-state index in [-0.39, 0.29) is 0 Å². The van der Waals surface area contributed by atoms with Crippen LogP contribution in [0.2, 0.25) is 0 Å². The molecule has 51 heteroatoms. The van der Waals surface area contributed by atoms with E-state index in [1.165, 1.54) is 0 Å². The van der Waals surface area contributed by atoms with Crippen LogP contribution < -0.4 is 0 Å². The number of carbonyl (C=O) groups is 3. The molecule has 0 aliphatic rings. The van der Waals surface area contributed by atoms with Crippen molar-refractivity contribution in [2.45, 2.75) is 125 Å². The number of halogens is 45. The molecule has 0 fully saturated rings. The molecule has 0 saturated carbocycles. The number of benzene rings is 1. The van der Waals surface area contributed by atoms with Crippen LogP contribution in [0.5, 0.6) is 0 Å². The zero-order chi connectivity index (χ0) is 68.3. The van der Waals surface area contributed by atoms with Crippen LogP contribution in [0.4, 0.5) is 198 Å². The molecule has 0 aliphatic heterocycles. The predicted molar refractivity (Wildman–Crippen MR) is 165 cm³/mol. The van der Waals surface area contributed by atoms with Gasteiger partial charge in [0.2, 0.25) is 0 Å². The minimum atomic E-state index is -9.13. The Morgan fingerprint density at radius 1 is 0.214 bits per heavy atom. The molecule has 0 spiro atoms. The molecule has 6 nitrogen and oxygen atoms in total. The second-order valence-corrected chi connectivity index (χ2v) is 15.7. The van der Waals surface area contributed by atoms with Crippen molar-refractivity contribution in [3.05, 3.63) is 34.9 Å². The number of rotatable bonds is 24. The van der Waals surface area contributed by atoms with Crippen molar-refractivity contribution in [3.63, 3.8) is 0 Å². The van der Waals surface area contributed by atoms with E-state index in [4.69, 9.17) is 0 Å². The van der Waals surface area contributed by atoms with Crippen LogP contribution in [0.25, 0.3) is 0 Å². The summed E-state index contributed by atoms with van der Waals surface area (Å²) in [6.45, 7) is -13.2. The normalized spacial score (nSPS) is 16.0. The third-order valence-corrected chi connectivity index (χ3v) is 9.97. The van der Waals surface area contributed by atoms with Gasteiger partial charge in [0.15, 0.2) is 19.8 Å². The van der Waals surface area contributed by atoms with Gasteiger partial charge in [-0.05, 0) is 18.2 Å². The standard InChI is InChI=1S/C33H9F45O6/c34-13(35,16(40,41)19(46,47)22(52,53)25(58,59)28(64,65)31(70,71)72)4-82-10(79)7-1-8(11(80)83-5-14(36,37)17(42,43)20(48,49)23(54,55)26(60,61)29(66,67)32(73,74)75)3-9(2-7)12(81)84-6-15(38,39)18(44,45)21(50,51)24(56,57)27(62,63)30(68,69)33(76,77)78/h1-3H,4-6H2. The van der Waals surface area contributed by atoms with Crippen LogP contribution in [0.3, 0.4) is 0 Å². The second-order valence-electron chi connectivity index (χ2n) is 15.7. The quantitative estimate of drug-likeness (QED) is 0.0583. The molecule has 1 aromatic rings. The maximum Gasteiger partial charge on any atom is 0.460 e. The minimum Gasteiger partial charge on any atom is -0.455 e. The van der Waals surface area contributed by atoms with Gasteiger partial charge >= 0.3 is 143 Å². The van der Waals surface area contributed by atoms with Gasteiger partial charge in [-0.15, -0.1) is 0 Å². The summed E-state index contributed by atoms with van der Waals surface area (Å²) >= 11 is 0. The fourth-order valence-electron chi connectivity index (χ4n) is 4.97. The van der Waals surface area contributed by atoms with E-state index in [1.54, 1.807) is 0 Å². The minimum absolute atomic E-state index is 1.11. The van der Waals surface area contributed by atoms with Gasteiger partial charge in [0.25, 0.3) is 0 Å². The molecule has 492 valence electrons. The molecule has 0 unspecified atom stereocenters. The lowest BCUT2D eigenvalue weighted by molar-refractivity contribution is -0.453. The molecule has 0 N–H and O–H groups in total. The van der Waals surface area contributed by atoms with Crippen molar-refractivity contribution >= 4 is 17.9 Å². The number of esters is 3. The van der Waals surface area contributed by atoms with Crippen molar-refractivity contribution < 1.29 is 226 Å². The van der Waals surface area contributed by atoms with Crippen molar-refractivity contribution in [3.8, 4) is 0 Å². The Hall–Kier alpha value is -5.52. The Kier molecular flexibility index (Phi) is 19.0. The van der Waals surface area contributed by atoms with Gasteiger partial charge in [-0.2, -0.15) is 198 Å². The van der Waals surface area contributed by atoms with Crippen LogP contribution in [0.15, 0.2) is 18.2 Å². The van der Waals surface area contributed by atoms with Gasteiger partial charge in [0.1, 0.15) is 0 Å². The van der Waals surface area contributed by atoms with Crippen LogP contribution >= 0.6 is 0 Å². The molecule has 0 radical (unpaired) electrons. The van der Waals surface area contributed by atoms with E-state index in [9.17, 15) is 212 Å². The first-order chi connectivity index (χ1) is 36.0. The zero-order valence-corrected chi connectivity index (χ0v) is 36.8. The fraction of sp³-hybridized carbons (Fsp3) is 0.727. The van der Waals surface area contributed by atoms with Crippen molar-refractivity contribution in [1.29, 1.82) is 0 Å². The molecule has 0 saturated heterocycles. The first kappa shape index (κ1) is 76.5. The summed E-state index contributed by atoms with van der Waals surface area (Å²) in [5.41, 5.74) is -8.30. The molecule has 0 amide bonds. The van der Waals surface area contributed by atoms with Crippen LogP contribution in [-0.2, 0) is 14.2 Å².